The maximum atomic E-state index is 4.19. The topological polar surface area (TPSA) is 17.8 Å². The van der Waals surface area contributed by atoms with Gasteiger partial charge in [-0.3, -0.25) is 0 Å². The summed E-state index contributed by atoms with van der Waals surface area (Å²) in [7, 11) is -0.139. The number of nitrogens with zero attached hydrogens (tertiary/aromatic N) is 2. The fourth-order valence-electron chi connectivity index (χ4n) is 2.35. The molecule has 1 unspecified atom stereocenters. The number of hydrogen-bond donors (Lipinski definition) is 0. The van der Waals surface area contributed by atoms with Gasteiger partial charge in [-0.1, -0.05) is 55.7 Å². The molecular formula is C15H22N2Si. The van der Waals surface area contributed by atoms with Crippen molar-refractivity contribution >= 4 is 9.52 Å². The summed E-state index contributed by atoms with van der Waals surface area (Å²) in [5.74, 6) is 0. The summed E-state index contributed by atoms with van der Waals surface area (Å²) in [4.78, 5) is 4.19. The van der Waals surface area contributed by atoms with Crippen molar-refractivity contribution in [3.63, 3.8) is 0 Å². The zero-order valence-electron chi connectivity index (χ0n) is 11.1. The highest BCUT2D eigenvalue weighted by molar-refractivity contribution is 6.36. The summed E-state index contributed by atoms with van der Waals surface area (Å²) in [6.45, 7) is 2.27. The van der Waals surface area contributed by atoms with Gasteiger partial charge in [0.15, 0.2) is 0 Å². The molecule has 0 radical (unpaired) electrons. The lowest BCUT2D eigenvalue weighted by Crippen LogP contribution is -2.17. The van der Waals surface area contributed by atoms with E-state index in [-0.39, 0.29) is 9.52 Å². The summed E-state index contributed by atoms with van der Waals surface area (Å²) in [6, 6.07) is 12.2. The fraction of sp³-hybridized carbons (Fsp3) is 0.400. The molecule has 2 rings (SSSR count). The molecule has 18 heavy (non-hydrogen) atoms. The third-order valence-electron chi connectivity index (χ3n) is 3.45. The Labute approximate surface area is 112 Å². The van der Waals surface area contributed by atoms with Gasteiger partial charge in [-0.2, -0.15) is 0 Å². The van der Waals surface area contributed by atoms with Crippen molar-refractivity contribution in [2.45, 2.75) is 37.9 Å². The molecule has 0 aliphatic carbocycles. The zero-order chi connectivity index (χ0) is 12.6. The molecule has 0 aliphatic heterocycles. The van der Waals surface area contributed by atoms with Crippen molar-refractivity contribution in [2.75, 3.05) is 0 Å². The van der Waals surface area contributed by atoms with E-state index in [2.05, 4.69) is 53.0 Å². The van der Waals surface area contributed by atoms with Crippen molar-refractivity contribution in [1.29, 1.82) is 0 Å². The third kappa shape index (κ3) is 3.84. The minimum absolute atomic E-state index is 0.139. The van der Waals surface area contributed by atoms with Crippen LogP contribution in [0.1, 0.15) is 37.4 Å². The summed E-state index contributed by atoms with van der Waals surface area (Å²) in [5.41, 5.74) is 2.22. The van der Waals surface area contributed by atoms with E-state index in [0.717, 1.165) is 5.67 Å². The quantitative estimate of drug-likeness (QED) is 0.698. The molecule has 2 aromatic rings. The second kappa shape index (κ2) is 7.16. The Balaban J connectivity index is 1.93. The van der Waals surface area contributed by atoms with Crippen LogP contribution in [0.5, 0.6) is 0 Å². The van der Waals surface area contributed by atoms with E-state index in [9.17, 15) is 0 Å². The second-order valence-corrected chi connectivity index (χ2v) is 6.85. The fourth-order valence-corrected chi connectivity index (χ4v) is 4.44. The SMILES string of the molecule is CCCCC([SiH2]Cc1ccccc1)n1ccnc1. The number of hydrogen-bond acceptors (Lipinski definition) is 1. The molecule has 0 amide bonds. The van der Waals surface area contributed by atoms with Crippen molar-refractivity contribution in [2.24, 2.45) is 0 Å². The van der Waals surface area contributed by atoms with Crippen LogP contribution in [-0.2, 0) is 6.04 Å². The van der Waals surface area contributed by atoms with Gasteiger partial charge in [-0.15, -0.1) is 0 Å². The Morgan fingerprint density at radius 1 is 1.28 bits per heavy atom. The van der Waals surface area contributed by atoms with Gasteiger partial charge in [-0.25, -0.2) is 4.98 Å². The molecule has 0 N–H and O–H groups in total. The van der Waals surface area contributed by atoms with Crippen molar-refractivity contribution in [3.05, 3.63) is 54.6 Å². The average Bonchev–Trinajstić information content (AvgIpc) is 2.94. The Kier molecular flexibility index (Phi) is 5.21. The van der Waals surface area contributed by atoms with Crippen LogP contribution in [0.4, 0.5) is 0 Å². The molecule has 1 heterocycles. The van der Waals surface area contributed by atoms with Crippen LogP contribution in [0.2, 0.25) is 0 Å². The Morgan fingerprint density at radius 2 is 2.11 bits per heavy atom. The van der Waals surface area contributed by atoms with Crippen LogP contribution in [0.25, 0.3) is 0 Å². The monoisotopic (exact) mass is 258 g/mol. The third-order valence-corrected chi connectivity index (χ3v) is 5.81. The lowest BCUT2D eigenvalue weighted by atomic mass is 10.2. The van der Waals surface area contributed by atoms with E-state index in [1.165, 1.54) is 30.9 Å². The molecule has 0 spiro atoms. The minimum Gasteiger partial charge on any atom is -0.338 e. The summed E-state index contributed by atoms with van der Waals surface area (Å²) >= 11 is 0. The maximum absolute atomic E-state index is 4.19. The number of unbranched alkanes of at least 4 members (excludes halogenated alkanes) is 1. The van der Waals surface area contributed by atoms with E-state index in [0.29, 0.717) is 0 Å². The van der Waals surface area contributed by atoms with Crippen LogP contribution in [0.15, 0.2) is 49.1 Å². The molecule has 0 fully saturated rings. The highest BCUT2D eigenvalue weighted by Crippen LogP contribution is 2.15. The maximum Gasteiger partial charge on any atom is 0.0945 e. The van der Waals surface area contributed by atoms with Crippen molar-refractivity contribution in [1.82, 2.24) is 9.55 Å². The second-order valence-electron chi connectivity index (χ2n) is 4.83. The Bertz CT molecular complexity index is 425. The van der Waals surface area contributed by atoms with Crippen LogP contribution in [0, 0.1) is 0 Å². The highest BCUT2D eigenvalue weighted by Gasteiger charge is 2.10. The van der Waals surface area contributed by atoms with E-state index in [1.54, 1.807) is 0 Å². The van der Waals surface area contributed by atoms with Gasteiger partial charge in [0, 0.05) is 18.1 Å². The lowest BCUT2D eigenvalue weighted by molar-refractivity contribution is 0.569. The molecule has 1 atom stereocenters. The van der Waals surface area contributed by atoms with Crippen molar-refractivity contribution in [3.8, 4) is 0 Å². The Morgan fingerprint density at radius 3 is 2.78 bits per heavy atom. The lowest BCUT2D eigenvalue weighted by Gasteiger charge is -2.17. The molecule has 0 aliphatic rings. The molecule has 0 bridgehead atoms. The van der Waals surface area contributed by atoms with E-state index in [4.69, 9.17) is 0 Å². The molecule has 1 aromatic carbocycles. The van der Waals surface area contributed by atoms with Gasteiger partial charge >= 0.3 is 0 Å². The normalized spacial score (nSPS) is 13.2. The first-order valence-corrected chi connectivity index (χ1v) is 8.73. The average molecular weight is 258 g/mol. The first-order valence-electron chi connectivity index (χ1n) is 6.91. The number of aromatic nitrogens is 2. The molecule has 0 saturated carbocycles. The largest absolute Gasteiger partial charge is 0.338 e. The van der Waals surface area contributed by atoms with E-state index >= 15 is 0 Å². The predicted octanol–water partition coefficient (Wildman–Crippen LogP) is 2.94. The molecule has 1 aromatic heterocycles. The van der Waals surface area contributed by atoms with Crippen LogP contribution in [-0.4, -0.2) is 19.1 Å². The smallest absolute Gasteiger partial charge is 0.0945 e. The minimum atomic E-state index is -0.139. The zero-order valence-corrected chi connectivity index (χ0v) is 12.5. The van der Waals surface area contributed by atoms with Crippen LogP contribution >= 0.6 is 0 Å². The van der Waals surface area contributed by atoms with Gasteiger partial charge in [0.05, 0.1) is 15.8 Å². The number of imidazole rings is 1. The van der Waals surface area contributed by atoms with Crippen molar-refractivity contribution < 1.29 is 0 Å². The first-order chi connectivity index (χ1) is 8.90. The van der Waals surface area contributed by atoms with Gasteiger partial charge in [0.2, 0.25) is 0 Å². The van der Waals surface area contributed by atoms with E-state index < -0.39 is 0 Å². The molecule has 2 nitrogen and oxygen atoms in total. The summed E-state index contributed by atoms with van der Waals surface area (Å²) < 4.78 is 2.32. The standard InChI is InChI=1S/C15H22N2Si/c1-2-3-9-15(17-11-10-16-13-17)18-12-14-7-5-4-6-8-14/h4-8,10-11,13,15H,2-3,9,12,18H2,1H3. The van der Waals surface area contributed by atoms with Gasteiger partial charge in [0.25, 0.3) is 0 Å². The first kappa shape index (κ1) is 13.1. The summed E-state index contributed by atoms with van der Waals surface area (Å²) in [5, 5.41) is 0. The molecule has 3 heteroatoms. The molecular weight excluding hydrogens is 236 g/mol. The Hall–Kier alpha value is -1.35. The molecule has 0 saturated heterocycles. The van der Waals surface area contributed by atoms with Gasteiger partial charge in [-0.05, 0) is 12.5 Å². The van der Waals surface area contributed by atoms with Crippen LogP contribution in [0.3, 0.4) is 0 Å². The summed E-state index contributed by atoms with van der Waals surface area (Å²) in [6.07, 6.45) is 9.92. The predicted molar refractivity (Wildman–Crippen MR) is 79.5 cm³/mol. The molecule has 96 valence electrons. The number of benzene rings is 1. The van der Waals surface area contributed by atoms with Gasteiger partial charge < -0.3 is 4.57 Å². The van der Waals surface area contributed by atoms with E-state index in [1.807, 2.05) is 12.5 Å². The number of rotatable bonds is 7. The van der Waals surface area contributed by atoms with Crippen LogP contribution < -0.4 is 0 Å². The highest BCUT2D eigenvalue weighted by atomic mass is 28.2. The van der Waals surface area contributed by atoms with Gasteiger partial charge in [0.1, 0.15) is 0 Å².